The summed E-state index contributed by atoms with van der Waals surface area (Å²) in [6, 6.07) is 7.98. The van der Waals surface area contributed by atoms with Crippen LogP contribution in [-0.4, -0.2) is 27.1 Å². The van der Waals surface area contributed by atoms with Gasteiger partial charge in [0, 0.05) is 25.4 Å². The number of carbonyl (C=O) groups excluding carboxylic acids is 1. The fourth-order valence-corrected chi connectivity index (χ4v) is 3.26. The Hall–Kier alpha value is -2.14. The van der Waals surface area contributed by atoms with Gasteiger partial charge in [-0.2, -0.15) is 0 Å². The summed E-state index contributed by atoms with van der Waals surface area (Å²) in [5.41, 5.74) is 1.22. The summed E-state index contributed by atoms with van der Waals surface area (Å²) in [4.78, 5) is 16.0. The number of fused-ring (bicyclic) bond motifs is 1. The van der Waals surface area contributed by atoms with E-state index >= 15 is 0 Å². The third-order valence-corrected chi connectivity index (χ3v) is 4.51. The lowest BCUT2D eigenvalue weighted by atomic mass is 9.79. The maximum atomic E-state index is 12.0. The van der Waals surface area contributed by atoms with Crippen molar-refractivity contribution in [3.05, 3.63) is 54.1 Å². The molecule has 0 bridgehead atoms. The van der Waals surface area contributed by atoms with Crippen molar-refractivity contribution >= 4 is 5.91 Å². The zero-order valence-electron chi connectivity index (χ0n) is 13.2. The second-order valence-corrected chi connectivity index (χ2v) is 6.22. The molecule has 2 N–H and O–H groups in total. The largest absolute Gasteiger partial charge is 0.383 e. The second-order valence-electron chi connectivity index (χ2n) is 6.22. The van der Waals surface area contributed by atoms with Gasteiger partial charge in [0.1, 0.15) is 5.60 Å². The molecule has 0 spiro atoms. The van der Waals surface area contributed by atoms with Crippen molar-refractivity contribution in [1.29, 1.82) is 0 Å². The Labute approximate surface area is 136 Å². The van der Waals surface area contributed by atoms with E-state index < -0.39 is 5.60 Å². The van der Waals surface area contributed by atoms with Crippen molar-refractivity contribution in [2.45, 2.75) is 44.2 Å². The molecule has 0 aliphatic heterocycles. The molecule has 5 nitrogen and oxygen atoms in total. The number of carbonyl (C=O) groups is 1. The first kappa shape index (κ1) is 15.7. The van der Waals surface area contributed by atoms with Crippen LogP contribution in [0.15, 0.2) is 43.0 Å². The lowest BCUT2D eigenvalue weighted by Crippen LogP contribution is -2.43. The van der Waals surface area contributed by atoms with E-state index in [1.54, 1.807) is 12.5 Å². The molecule has 3 rings (SSSR count). The average molecular weight is 313 g/mol. The summed E-state index contributed by atoms with van der Waals surface area (Å²) < 4.78 is 1.96. The molecule has 0 fully saturated rings. The Morgan fingerprint density at radius 2 is 2.26 bits per heavy atom. The molecule has 122 valence electrons. The van der Waals surface area contributed by atoms with Crippen molar-refractivity contribution in [2.24, 2.45) is 0 Å². The van der Waals surface area contributed by atoms with Crippen LogP contribution in [0.4, 0.5) is 0 Å². The number of aromatic nitrogens is 2. The van der Waals surface area contributed by atoms with Gasteiger partial charge in [0.2, 0.25) is 5.91 Å². The molecule has 2 aromatic rings. The number of rotatable bonds is 6. The number of amides is 1. The topological polar surface area (TPSA) is 67.2 Å². The van der Waals surface area contributed by atoms with E-state index in [2.05, 4.69) is 16.4 Å². The summed E-state index contributed by atoms with van der Waals surface area (Å²) in [7, 11) is 0. The molecular formula is C18H23N3O2. The predicted molar refractivity (Wildman–Crippen MR) is 87.7 cm³/mol. The molecule has 1 aromatic heterocycles. The van der Waals surface area contributed by atoms with Crippen LogP contribution in [-0.2, 0) is 23.4 Å². The van der Waals surface area contributed by atoms with Gasteiger partial charge in [-0.05, 0) is 36.8 Å². The maximum Gasteiger partial charge on any atom is 0.220 e. The molecule has 1 aromatic carbocycles. The van der Waals surface area contributed by atoms with Crippen molar-refractivity contribution < 1.29 is 9.90 Å². The van der Waals surface area contributed by atoms with Gasteiger partial charge >= 0.3 is 0 Å². The summed E-state index contributed by atoms with van der Waals surface area (Å²) in [6.45, 7) is 1.06. The minimum absolute atomic E-state index is 0.0124. The monoisotopic (exact) mass is 313 g/mol. The molecule has 0 saturated carbocycles. The van der Waals surface area contributed by atoms with Gasteiger partial charge < -0.3 is 15.0 Å². The molecule has 1 aliphatic rings. The lowest BCUT2D eigenvalue weighted by molar-refractivity contribution is -0.122. The van der Waals surface area contributed by atoms with E-state index in [9.17, 15) is 9.90 Å². The smallest absolute Gasteiger partial charge is 0.220 e. The van der Waals surface area contributed by atoms with Crippen LogP contribution in [0.3, 0.4) is 0 Å². The van der Waals surface area contributed by atoms with Crippen LogP contribution >= 0.6 is 0 Å². The molecule has 5 heteroatoms. The minimum atomic E-state index is -0.936. The summed E-state index contributed by atoms with van der Waals surface area (Å²) in [5, 5.41) is 13.8. The third-order valence-electron chi connectivity index (χ3n) is 4.51. The number of aliphatic hydroxyl groups is 1. The van der Waals surface area contributed by atoms with Gasteiger partial charge in [-0.25, -0.2) is 4.98 Å². The van der Waals surface area contributed by atoms with Gasteiger partial charge in [0.15, 0.2) is 0 Å². The van der Waals surface area contributed by atoms with E-state index in [4.69, 9.17) is 0 Å². The Morgan fingerprint density at radius 1 is 1.39 bits per heavy atom. The zero-order chi connectivity index (χ0) is 16.1. The fourth-order valence-electron chi connectivity index (χ4n) is 3.26. The summed E-state index contributed by atoms with van der Waals surface area (Å²) in [6.07, 6.45) is 9.23. The molecule has 0 saturated heterocycles. The number of aryl methyl sites for hydroxylation is 2. The zero-order valence-corrected chi connectivity index (χ0v) is 13.2. The van der Waals surface area contributed by atoms with Gasteiger partial charge in [-0.3, -0.25) is 4.79 Å². The van der Waals surface area contributed by atoms with Crippen LogP contribution in [0.1, 0.15) is 36.8 Å². The van der Waals surface area contributed by atoms with Gasteiger partial charge in [-0.15, -0.1) is 0 Å². The SMILES string of the molecule is O=C(CCCn1ccnc1)NC[C@]1(O)CCCc2ccccc21. The van der Waals surface area contributed by atoms with E-state index in [0.29, 0.717) is 12.8 Å². The second kappa shape index (κ2) is 6.96. The van der Waals surface area contributed by atoms with Crippen LogP contribution in [0, 0.1) is 0 Å². The highest BCUT2D eigenvalue weighted by Crippen LogP contribution is 2.34. The van der Waals surface area contributed by atoms with Crippen molar-refractivity contribution in [1.82, 2.24) is 14.9 Å². The number of imidazole rings is 1. The lowest BCUT2D eigenvalue weighted by Gasteiger charge is -2.34. The van der Waals surface area contributed by atoms with Gasteiger partial charge in [-0.1, -0.05) is 24.3 Å². The van der Waals surface area contributed by atoms with E-state index in [1.165, 1.54) is 5.56 Å². The Balaban J connectivity index is 1.50. The highest BCUT2D eigenvalue weighted by molar-refractivity contribution is 5.75. The van der Waals surface area contributed by atoms with Gasteiger partial charge in [0.05, 0.1) is 12.9 Å². The Morgan fingerprint density at radius 3 is 3.09 bits per heavy atom. The van der Waals surface area contributed by atoms with Crippen LogP contribution in [0.2, 0.25) is 0 Å². The highest BCUT2D eigenvalue weighted by Gasteiger charge is 2.34. The van der Waals surface area contributed by atoms with Crippen molar-refractivity contribution in [3.8, 4) is 0 Å². The molecule has 0 unspecified atom stereocenters. The summed E-state index contributed by atoms with van der Waals surface area (Å²) >= 11 is 0. The standard InChI is InChI=1S/C18H23N3O2/c22-17(8-4-11-21-12-10-19-14-21)20-13-18(23)9-3-6-15-5-1-2-7-16(15)18/h1-2,5,7,10,12,14,23H,3-4,6,8-9,11,13H2,(H,20,22)/t18-/m1/s1. The van der Waals surface area contributed by atoms with Crippen molar-refractivity contribution in [2.75, 3.05) is 6.54 Å². The molecule has 1 amide bonds. The third kappa shape index (κ3) is 3.79. The average Bonchev–Trinajstić information content (AvgIpc) is 3.07. The maximum absolute atomic E-state index is 12.0. The molecular weight excluding hydrogens is 290 g/mol. The molecule has 0 radical (unpaired) electrons. The highest BCUT2D eigenvalue weighted by atomic mass is 16.3. The first-order chi connectivity index (χ1) is 11.2. The van der Waals surface area contributed by atoms with Crippen LogP contribution in [0.5, 0.6) is 0 Å². The predicted octanol–water partition coefficient (Wildman–Crippen LogP) is 2.00. The number of nitrogens with one attached hydrogen (secondary N) is 1. The van der Waals surface area contributed by atoms with Crippen LogP contribution in [0.25, 0.3) is 0 Å². The van der Waals surface area contributed by atoms with E-state index in [1.807, 2.05) is 29.0 Å². The quantitative estimate of drug-likeness (QED) is 0.857. The molecule has 1 heterocycles. The van der Waals surface area contributed by atoms with Gasteiger partial charge in [0.25, 0.3) is 0 Å². The van der Waals surface area contributed by atoms with E-state index in [0.717, 1.165) is 31.4 Å². The number of benzene rings is 1. The first-order valence-corrected chi connectivity index (χ1v) is 8.21. The Kier molecular flexibility index (Phi) is 4.76. The Bertz CT molecular complexity index is 654. The minimum Gasteiger partial charge on any atom is -0.383 e. The molecule has 23 heavy (non-hydrogen) atoms. The number of hydrogen-bond donors (Lipinski definition) is 2. The molecule has 1 aliphatic carbocycles. The first-order valence-electron chi connectivity index (χ1n) is 8.21. The van der Waals surface area contributed by atoms with E-state index in [-0.39, 0.29) is 12.5 Å². The normalized spacial score (nSPS) is 20.0. The summed E-state index contributed by atoms with van der Waals surface area (Å²) in [5.74, 6) is -0.0124. The number of nitrogens with zero attached hydrogens (tertiary/aromatic N) is 2. The van der Waals surface area contributed by atoms with Crippen LogP contribution < -0.4 is 5.32 Å². The molecule has 1 atom stereocenters. The van der Waals surface area contributed by atoms with Crippen molar-refractivity contribution in [3.63, 3.8) is 0 Å². The fraction of sp³-hybridized carbons (Fsp3) is 0.444. The number of hydrogen-bond acceptors (Lipinski definition) is 3.